The highest BCUT2D eigenvalue weighted by Gasteiger charge is 2.26. The number of fused-ring (bicyclic) bond motifs is 2. The van der Waals surface area contributed by atoms with Crippen molar-refractivity contribution >= 4 is 0 Å². The molecule has 0 aromatic heterocycles. The highest BCUT2D eigenvalue weighted by Crippen LogP contribution is 2.35. The average Bonchev–Trinajstić information content (AvgIpc) is 2.53. The van der Waals surface area contributed by atoms with Crippen molar-refractivity contribution < 1.29 is 0 Å². The quantitative estimate of drug-likeness (QED) is 0.917. The van der Waals surface area contributed by atoms with E-state index in [1.54, 1.807) is 0 Å². The first-order valence-corrected chi connectivity index (χ1v) is 7.62. The van der Waals surface area contributed by atoms with Gasteiger partial charge in [-0.1, -0.05) is 55.5 Å². The van der Waals surface area contributed by atoms with Gasteiger partial charge in [-0.25, -0.2) is 0 Å². The number of nitrogens with zero attached hydrogens (tertiary/aromatic N) is 1. The van der Waals surface area contributed by atoms with Crippen LogP contribution in [0.5, 0.6) is 0 Å². The molecular formula is C19H20N2. The Hall–Kier alpha value is -2.11. The number of nitrogens with one attached hydrogen (secondary N) is 1. The molecule has 0 amide bonds. The number of rotatable bonds is 4. The summed E-state index contributed by atoms with van der Waals surface area (Å²) < 4.78 is 0. The van der Waals surface area contributed by atoms with Crippen molar-refractivity contribution in [2.45, 2.75) is 38.3 Å². The van der Waals surface area contributed by atoms with Crippen LogP contribution in [-0.4, -0.2) is 6.04 Å². The summed E-state index contributed by atoms with van der Waals surface area (Å²) in [6.45, 7) is 2.13. The lowest BCUT2D eigenvalue weighted by Gasteiger charge is -2.31. The van der Waals surface area contributed by atoms with Gasteiger partial charge in [0.05, 0.1) is 18.5 Å². The van der Waals surface area contributed by atoms with Gasteiger partial charge in [0.2, 0.25) is 0 Å². The fourth-order valence-corrected chi connectivity index (χ4v) is 3.17. The van der Waals surface area contributed by atoms with E-state index >= 15 is 0 Å². The van der Waals surface area contributed by atoms with Crippen LogP contribution in [0.25, 0.3) is 0 Å². The first kappa shape index (κ1) is 13.9. The van der Waals surface area contributed by atoms with Gasteiger partial charge >= 0.3 is 0 Å². The zero-order chi connectivity index (χ0) is 14.7. The Balaban J connectivity index is 2.00. The van der Waals surface area contributed by atoms with Crippen molar-refractivity contribution in [3.63, 3.8) is 0 Å². The van der Waals surface area contributed by atoms with E-state index in [1.807, 2.05) is 0 Å². The maximum absolute atomic E-state index is 9.00. The van der Waals surface area contributed by atoms with Gasteiger partial charge < -0.3 is 5.32 Å². The van der Waals surface area contributed by atoms with Crippen LogP contribution in [0.4, 0.5) is 0 Å². The Morgan fingerprint density at radius 1 is 1.10 bits per heavy atom. The van der Waals surface area contributed by atoms with Crippen LogP contribution in [0.3, 0.4) is 0 Å². The lowest BCUT2D eigenvalue weighted by molar-refractivity contribution is 0.458. The summed E-state index contributed by atoms with van der Waals surface area (Å²) in [6.07, 6.45) is 2.52. The molecule has 2 nitrogen and oxygen atoms in total. The molecule has 21 heavy (non-hydrogen) atoms. The highest BCUT2D eigenvalue weighted by molar-refractivity contribution is 5.48. The molecule has 0 spiro atoms. The van der Waals surface area contributed by atoms with Crippen LogP contribution in [0.15, 0.2) is 48.5 Å². The minimum atomic E-state index is 0.199. The van der Waals surface area contributed by atoms with E-state index in [2.05, 4.69) is 66.8 Å². The summed E-state index contributed by atoms with van der Waals surface area (Å²) in [7, 11) is 0. The van der Waals surface area contributed by atoms with Crippen molar-refractivity contribution in [1.29, 1.82) is 5.26 Å². The van der Waals surface area contributed by atoms with E-state index in [0.717, 1.165) is 12.8 Å². The third-order valence-electron chi connectivity index (χ3n) is 4.35. The molecule has 2 aromatic rings. The van der Waals surface area contributed by atoms with E-state index < -0.39 is 0 Å². The Labute approximate surface area is 126 Å². The normalized spacial score (nSPS) is 14.9. The van der Waals surface area contributed by atoms with E-state index in [-0.39, 0.29) is 12.1 Å². The van der Waals surface area contributed by atoms with Crippen molar-refractivity contribution in [2.24, 2.45) is 0 Å². The van der Waals surface area contributed by atoms with Crippen molar-refractivity contribution in [2.75, 3.05) is 0 Å². The minimum absolute atomic E-state index is 0.199. The van der Waals surface area contributed by atoms with Crippen LogP contribution in [0, 0.1) is 11.3 Å². The van der Waals surface area contributed by atoms with Gasteiger partial charge in [0.25, 0.3) is 0 Å². The molecule has 0 aliphatic heterocycles. The highest BCUT2D eigenvalue weighted by atomic mass is 15.0. The molecule has 1 N–H and O–H groups in total. The molecule has 0 heterocycles. The lowest BCUT2D eigenvalue weighted by atomic mass is 9.82. The third kappa shape index (κ3) is 2.70. The van der Waals surface area contributed by atoms with Crippen LogP contribution >= 0.6 is 0 Å². The first-order chi connectivity index (χ1) is 10.3. The maximum Gasteiger partial charge on any atom is 0.0638 e. The SMILES string of the molecule is CCC(CC#N)NC1c2ccccc2Cc2ccccc21. The molecule has 0 saturated carbocycles. The predicted octanol–water partition coefficient (Wildman–Crippen LogP) is 3.96. The zero-order valence-electron chi connectivity index (χ0n) is 12.3. The Morgan fingerprint density at radius 2 is 1.67 bits per heavy atom. The van der Waals surface area contributed by atoms with Gasteiger partial charge in [0.1, 0.15) is 0 Å². The van der Waals surface area contributed by atoms with Crippen LogP contribution in [0.1, 0.15) is 48.1 Å². The number of hydrogen-bond donors (Lipinski definition) is 1. The Kier molecular flexibility index (Phi) is 4.03. The second-order valence-electron chi connectivity index (χ2n) is 5.64. The molecule has 1 aliphatic rings. The van der Waals surface area contributed by atoms with E-state index in [4.69, 9.17) is 5.26 Å². The molecule has 2 aromatic carbocycles. The number of nitriles is 1. The minimum Gasteiger partial charge on any atom is -0.302 e. The standard InChI is InChI=1S/C19H20N2/c1-2-16(11-12-20)21-19-17-9-5-3-7-14(17)13-15-8-4-6-10-18(15)19/h3-10,16,19,21H,2,11,13H2,1H3. The smallest absolute Gasteiger partial charge is 0.0638 e. The molecule has 1 unspecified atom stereocenters. The summed E-state index contributed by atoms with van der Waals surface area (Å²) in [5, 5.41) is 12.7. The Morgan fingerprint density at radius 3 is 2.19 bits per heavy atom. The van der Waals surface area contributed by atoms with Crippen molar-refractivity contribution in [3.8, 4) is 6.07 Å². The summed E-state index contributed by atoms with van der Waals surface area (Å²) in [5.74, 6) is 0. The number of benzene rings is 2. The molecule has 0 bridgehead atoms. The van der Waals surface area contributed by atoms with Gasteiger partial charge in [0, 0.05) is 6.04 Å². The lowest BCUT2D eigenvalue weighted by Crippen LogP contribution is -2.35. The van der Waals surface area contributed by atoms with Gasteiger partial charge in [-0.15, -0.1) is 0 Å². The van der Waals surface area contributed by atoms with Gasteiger partial charge in [0.15, 0.2) is 0 Å². The van der Waals surface area contributed by atoms with Gasteiger partial charge in [-0.2, -0.15) is 5.26 Å². The van der Waals surface area contributed by atoms with Gasteiger partial charge in [-0.05, 0) is 35.1 Å². The third-order valence-corrected chi connectivity index (χ3v) is 4.35. The van der Waals surface area contributed by atoms with Crippen LogP contribution in [0.2, 0.25) is 0 Å². The second-order valence-corrected chi connectivity index (χ2v) is 5.64. The first-order valence-electron chi connectivity index (χ1n) is 7.62. The predicted molar refractivity (Wildman–Crippen MR) is 85.0 cm³/mol. The average molecular weight is 276 g/mol. The monoisotopic (exact) mass is 276 g/mol. The van der Waals surface area contributed by atoms with E-state index in [0.29, 0.717) is 6.42 Å². The molecule has 106 valence electrons. The topological polar surface area (TPSA) is 35.8 Å². The summed E-state index contributed by atoms with van der Waals surface area (Å²) >= 11 is 0. The van der Waals surface area contributed by atoms with Crippen LogP contribution in [-0.2, 0) is 6.42 Å². The fraction of sp³-hybridized carbons (Fsp3) is 0.316. The molecule has 0 saturated heterocycles. The second kappa shape index (κ2) is 6.11. The van der Waals surface area contributed by atoms with Gasteiger partial charge in [-0.3, -0.25) is 0 Å². The molecule has 3 rings (SSSR count). The molecule has 1 aliphatic carbocycles. The fourth-order valence-electron chi connectivity index (χ4n) is 3.17. The Bertz CT molecular complexity index is 624. The summed E-state index contributed by atoms with van der Waals surface area (Å²) in [5.41, 5.74) is 5.49. The van der Waals surface area contributed by atoms with E-state index in [9.17, 15) is 0 Å². The molecule has 0 fully saturated rings. The molecule has 2 heteroatoms. The van der Waals surface area contributed by atoms with E-state index in [1.165, 1.54) is 22.3 Å². The summed E-state index contributed by atoms with van der Waals surface area (Å²) in [6, 6.07) is 20.0. The van der Waals surface area contributed by atoms with Crippen LogP contribution < -0.4 is 5.32 Å². The largest absolute Gasteiger partial charge is 0.302 e. The summed E-state index contributed by atoms with van der Waals surface area (Å²) in [4.78, 5) is 0. The number of hydrogen-bond acceptors (Lipinski definition) is 2. The maximum atomic E-state index is 9.00. The molecule has 0 radical (unpaired) electrons. The van der Waals surface area contributed by atoms with Crippen molar-refractivity contribution in [1.82, 2.24) is 5.32 Å². The molecule has 1 atom stereocenters. The zero-order valence-corrected chi connectivity index (χ0v) is 12.3. The molecular weight excluding hydrogens is 256 g/mol. The van der Waals surface area contributed by atoms with Crippen molar-refractivity contribution in [3.05, 3.63) is 70.8 Å².